The standard InChI is InChI=1S/C30H36Cl2N5O2S/c1-3-26(18-25-20-33-34-36(25)23-9-5-4-6-10-23)37(40-21(2)38)16-14-24(35-15-8-7-11-30(35)39)19-29(37)22-12-13-27(31)28(32)17-22/h4-6,9-10,12-13,17,20,24,26,29H,3,7-8,11,14-16,18-19H2,1-2H3/q+1. The Morgan fingerprint density at radius 1 is 1.15 bits per heavy atom. The van der Waals surface area contributed by atoms with Gasteiger partial charge in [-0.05, 0) is 43.5 Å². The maximum Gasteiger partial charge on any atom is 0.243 e. The summed E-state index contributed by atoms with van der Waals surface area (Å²) < 4.78 is 2.42. The first-order chi connectivity index (χ1) is 19.3. The number of carbonyl (C=O) groups is 2. The van der Waals surface area contributed by atoms with Crippen LogP contribution in [-0.2, 0) is 16.0 Å². The zero-order valence-electron chi connectivity index (χ0n) is 23.0. The van der Waals surface area contributed by atoms with Crippen molar-refractivity contribution in [3.8, 4) is 5.69 Å². The Kier molecular flexibility index (Phi) is 9.20. The normalized spacial score (nSPS) is 24.2. The molecule has 5 rings (SSSR count). The predicted molar refractivity (Wildman–Crippen MR) is 160 cm³/mol. The minimum Gasteiger partial charge on any atom is -0.339 e. The van der Waals surface area contributed by atoms with Crippen LogP contribution in [0.3, 0.4) is 0 Å². The summed E-state index contributed by atoms with van der Waals surface area (Å²) in [6.45, 7) is 5.40. The van der Waals surface area contributed by atoms with Crippen LogP contribution in [0.1, 0.15) is 69.7 Å². The number of carbonyl (C=O) groups excluding carboxylic acids is 2. The summed E-state index contributed by atoms with van der Waals surface area (Å²) in [4.78, 5) is 28.0. The van der Waals surface area contributed by atoms with Gasteiger partial charge in [0.05, 0.1) is 34.2 Å². The highest BCUT2D eigenvalue weighted by Gasteiger charge is 2.52. The van der Waals surface area contributed by atoms with Crippen molar-refractivity contribution < 1.29 is 13.5 Å². The van der Waals surface area contributed by atoms with E-state index in [4.69, 9.17) is 23.2 Å². The van der Waals surface area contributed by atoms with Gasteiger partial charge in [0, 0.05) is 50.8 Å². The fourth-order valence-electron chi connectivity index (χ4n) is 6.56. The molecular weight excluding hydrogens is 565 g/mol. The van der Waals surface area contributed by atoms with E-state index in [-0.39, 0.29) is 29.1 Å². The van der Waals surface area contributed by atoms with Gasteiger partial charge in [0.2, 0.25) is 11.0 Å². The molecule has 2 aliphatic heterocycles. The van der Waals surface area contributed by atoms with Crippen LogP contribution in [0.15, 0.2) is 54.7 Å². The maximum atomic E-state index is 13.0. The van der Waals surface area contributed by atoms with Gasteiger partial charge >= 0.3 is 0 Å². The smallest absolute Gasteiger partial charge is 0.243 e. The first-order valence-corrected chi connectivity index (χ1v) is 15.6. The van der Waals surface area contributed by atoms with Gasteiger partial charge in [-0.15, -0.1) is 5.10 Å². The third-order valence-corrected chi connectivity index (χ3v) is 10.5. The molecule has 2 saturated heterocycles. The van der Waals surface area contributed by atoms with Crippen LogP contribution in [0, 0.1) is 0 Å². The molecule has 4 unspecified atom stereocenters. The number of hydrogen-bond acceptors (Lipinski definition) is 5. The van der Waals surface area contributed by atoms with E-state index in [1.165, 1.54) is 11.9 Å². The second-order valence-electron chi connectivity index (χ2n) is 10.8. The van der Waals surface area contributed by atoms with Crippen molar-refractivity contribution in [3.63, 3.8) is 0 Å². The number of rotatable bonds is 8. The van der Waals surface area contributed by atoms with E-state index in [1.807, 2.05) is 59.4 Å². The topological polar surface area (TPSA) is 68.1 Å². The third kappa shape index (κ3) is 5.96. The molecule has 0 saturated carbocycles. The zero-order chi connectivity index (χ0) is 28.3. The lowest BCUT2D eigenvalue weighted by atomic mass is 9.87. The highest BCUT2D eigenvalue weighted by Crippen LogP contribution is 2.50. The first-order valence-electron chi connectivity index (χ1n) is 14.1. The Balaban J connectivity index is 1.56. The Hall–Kier alpha value is -2.39. The molecule has 4 atom stereocenters. The second-order valence-corrected chi connectivity index (χ2v) is 13.1. The third-order valence-electron chi connectivity index (χ3n) is 8.42. The lowest BCUT2D eigenvalue weighted by Crippen LogP contribution is -2.60. The molecule has 1 amide bonds. The molecule has 3 aromatic rings. The van der Waals surface area contributed by atoms with Crippen LogP contribution in [0.5, 0.6) is 0 Å². The average molecular weight is 602 g/mol. The molecule has 2 aromatic carbocycles. The number of piperidine rings is 2. The van der Waals surface area contributed by atoms with E-state index < -0.39 is 0 Å². The van der Waals surface area contributed by atoms with Crippen molar-refractivity contribution in [1.29, 1.82) is 0 Å². The summed E-state index contributed by atoms with van der Waals surface area (Å²) in [7, 11) is 0. The number of quaternary nitrogens is 1. The molecule has 3 heterocycles. The molecule has 212 valence electrons. The monoisotopic (exact) mass is 600 g/mol. The Morgan fingerprint density at radius 3 is 2.65 bits per heavy atom. The number of para-hydroxylation sites is 1. The summed E-state index contributed by atoms with van der Waals surface area (Å²) in [5.41, 5.74) is 3.00. The molecule has 2 fully saturated rings. The second kappa shape index (κ2) is 12.6. The van der Waals surface area contributed by atoms with E-state index in [0.29, 0.717) is 26.8 Å². The molecule has 0 spiro atoms. The van der Waals surface area contributed by atoms with Crippen LogP contribution in [-0.4, -0.2) is 60.0 Å². The number of benzene rings is 2. The van der Waals surface area contributed by atoms with Gasteiger partial charge in [-0.1, -0.05) is 59.6 Å². The molecule has 10 heteroatoms. The predicted octanol–water partition coefficient (Wildman–Crippen LogP) is 6.82. The summed E-state index contributed by atoms with van der Waals surface area (Å²) >= 11 is 14.3. The van der Waals surface area contributed by atoms with Gasteiger partial charge in [-0.25, -0.2) is 8.57 Å². The summed E-state index contributed by atoms with van der Waals surface area (Å²) in [5.74, 6) is 0.244. The van der Waals surface area contributed by atoms with Crippen LogP contribution < -0.4 is 0 Å². The lowest BCUT2D eigenvalue weighted by Gasteiger charge is -2.53. The van der Waals surface area contributed by atoms with E-state index in [1.54, 1.807) is 6.92 Å². The zero-order valence-corrected chi connectivity index (χ0v) is 25.3. The molecule has 0 N–H and O–H groups in total. The summed E-state index contributed by atoms with van der Waals surface area (Å²) in [6.07, 6.45) is 7.60. The molecule has 0 radical (unpaired) electrons. The Morgan fingerprint density at radius 2 is 1.95 bits per heavy atom. The molecular formula is C30H36Cl2N5O2S+. The van der Waals surface area contributed by atoms with Crippen LogP contribution in [0.25, 0.3) is 5.69 Å². The number of aromatic nitrogens is 3. The lowest BCUT2D eigenvalue weighted by molar-refractivity contribution is -0.861. The molecule has 40 heavy (non-hydrogen) atoms. The minimum atomic E-state index is -0.0526. The van der Waals surface area contributed by atoms with Crippen molar-refractivity contribution in [2.24, 2.45) is 0 Å². The first kappa shape index (κ1) is 29.1. The van der Waals surface area contributed by atoms with Crippen LogP contribution in [0.2, 0.25) is 10.0 Å². The SMILES string of the molecule is CCC(Cc1cnnn1-c1ccccc1)[N+]1(SC(C)=O)CCC(N2CCCCC2=O)CC1c1ccc(Cl)c(Cl)c1. The average Bonchev–Trinajstić information content (AvgIpc) is 3.42. The van der Waals surface area contributed by atoms with E-state index in [9.17, 15) is 9.59 Å². The van der Waals surface area contributed by atoms with Gasteiger partial charge in [-0.2, -0.15) is 0 Å². The summed E-state index contributed by atoms with van der Waals surface area (Å²) in [6, 6.07) is 16.0. The highest BCUT2D eigenvalue weighted by atomic mass is 35.5. The van der Waals surface area contributed by atoms with Crippen LogP contribution in [0.4, 0.5) is 0 Å². The number of halogens is 2. The van der Waals surface area contributed by atoms with E-state index >= 15 is 0 Å². The minimum absolute atomic E-state index is 0.0526. The van der Waals surface area contributed by atoms with Crippen molar-refractivity contribution in [3.05, 3.63) is 76.0 Å². The number of hydrogen-bond donors (Lipinski definition) is 0. The molecule has 0 aliphatic carbocycles. The van der Waals surface area contributed by atoms with Crippen molar-refractivity contribution >= 4 is 46.2 Å². The quantitative estimate of drug-likeness (QED) is 0.209. The van der Waals surface area contributed by atoms with Crippen LogP contribution >= 0.6 is 35.1 Å². The maximum absolute atomic E-state index is 13.0. The number of amides is 1. The Labute approximate surface area is 250 Å². The van der Waals surface area contributed by atoms with Gasteiger partial charge in [0.1, 0.15) is 12.1 Å². The van der Waals surface area contributed by atoms with Gasteiger partial charge < -0.3 is 4.90 Å². The molecule has 2 aliphatic rings. The fraction of sp³-hybridized carbons (Fsp3) is 0.467. The van der Waals surface area contributed by atoms with Crippen molar-refractivity contribution in [2.45, 2.75) is 76.9 Å². The highest BCUT2D eigenvalue weighted by molar-refractivity contribution is 8.08. The molecule has 7 nitrogen and oxygen atoms in total. The van der Waals surface area contributed by atoms with Crippen molar-refractivity contribution in [2.75, 3.05) is 13.1 Å². The van der Waals surface area contributed by atoms with Gasteiger partial charge in [-0.3, -0.25) is 9.59 Å². The van der Waals surface area contributed by atoms with Crippen molar-refractivity contribution in [1.82, 2.24) is 19.9 Å². The van der Waals surface area contributed by atoms with E-state index in [0.717, 1.165) is 62.1 Å². The van der Waals surface area contributed by atoms with Gasteiger partial charge in [0.15, 0.2) is 11.9 Å². The Bertz CT molecular complexity index is 1350. The number of nitrogens with zero attached hydrogens (tertiary/aromatic N) is 5. The van der Waals surface area contributed by atoms with E-state index in [2.05, 4.69) is 22.1 Å². The molecule has 1 aromatic heterocycles. The van der Waals surface area contributed by atoms with Gasteiger partial charge in [0.25, 0.3) is 0 Å². The fourth-order valence-corrected chi connectivity index (χ4v) is 8.25. The summed E-state index contributed by atoms with van der Waals surface area (Å²) in [5, 5.41) is 9.72. The largest absolute Gasteiger partial charge is 0.339 e. The molecule has 0 bridgehead atoms. The number of likely N-dealkylation sites (tertiary alicyclic amines) is 2.